The van der Waals surface area contributed by atoms with Gasteiger partial charge in [-0.3, -0.25) is 4.79 Å². The predicted octanol–water partition coefficient (Wildman–Crippen LogP) is 1.07. The smallest absolute Gasteiger partial charge is 0.263 e. The Morgan fingerprint density at radius 1 is 1.46 bits per heavy atom. The summed E-state index contributed by atoms with van der Waals surface area (Å²) >= 11 is 0. The molecule has 0 N–H and O–H groups in total. The molecule has 1 heterocycles. The molecule has 2 rings (SSSR count). The number of fused-ring (bicyclic) bond motifs is 1. The molecule has 3 nitrogen and oxygen atoms in total. The number of aromatic nitrogens is 2. The lowest BCUT2D eigenvalue weighted by Crippen LogP contribution is -2.17. The normalized spacial score (nSPS) is 10.6. The van der Waals surface area contributed by atoms with Crippen LogP contribution in [0.25, 0.3) is 10.9 Å². The van der Waals surface area contributed by atoms with Gasteiger partial charge < -0.3 is 4.57 Å². The van der Waals surface area contributed by atoms with E-state index in [1.54, 1.807) is 13.1 Å². The maximum Gasteiger partial charge on any atom is 0.263 e. The molecule has 0 aliphatic heterocycles. The molecule has 0 amide bonds. The molecule has 0 saturated heterocycles. The van der Waals surface area contributed by atoms with Crippen molar-refractivity contribution in [2.75, 3.05) is 0 Å². The topological polar surface area (TPSA) is 34.9 Å². The third-order valence-corrected chi connectivity index (χ3v) is 1.90. The van der Waals surface area contributed by atoms with E-state index >= 15 is 0 Å². The van der Waals surface area contributed by atoms with Crippen LogP contribution in [0.2, 0.25) is 0 Å². The molecule has 13 heavy (non-hydrogen) atoms. The van der Waals surface area contributed by atoms with E-state index in [4.69, 9.17) is 0 Å². The Morgan fingerprint density at radius 2 is 2.23 bits per heavy atom. The van der Waals surface area contributed by atoms with Crippen LogP contribution in [0.4, 0.5) is 4.39 Å². The molecule has 0 atom stereocenters. The number of halogens is 1. The van der Waals surface area contributed by atoms with Gasteiger partial charge in [0.15, 0.2) is 0 Å². The predicted molar refractivity (Wildman–Crippen MR) is 46.9 cm³/mol. The van der Waals surface area contributed by atoms with Crippen molar-refractivity contribution in [3.8, 4) is 0 Å². The van der Waals surface area contributed by atoms with E-state index in [0.29, 0.717) is 5.52 Å². The molecular formula is C9H7FN2O. The van der Waals surface area contributed by atoms with E-state index in [-0.39, 0.29) is 10.9 Å². The highest BCUT2D eigenvalue weighted by atomic mass is 19.1. The fourth-order valence-corrected chi connectivity index (χ4v) is 1.21. The highest BCUT2D eigenvalue weighted by Crippen LogP contribution is 2.09. The van der Waals surface area contributed by atoms with Crippen molar-refractivity contribution < 1.29 is 4.39 Å². The molecule has 0 bridgehead atoms. The second-order valence-electron chi connectivity index (χ2n) is 2.79. The highest BCUT2D eigenvalue weighted by Gasteiger charge is 2.05. The van der Waals surface area contributed by atoms with E-state index < -0.39 is 5.82 Å². The highest BCUT2D eigenvalue weighted by molar-refractivity contribution is 5.77. The van der Waals surface area contributed by atoms with E-state index in [0.717, 1.165) is 0 Å². The fourth-order valence-electron chi connectivity index (χ4n) is 1.21. The van der Waals surface area contributed by atoms with Crippen molar-refractivity contribution >= 4 is 10.9 Å². The standard InChI is InChI=1S/C9H7FN2O/c1-12-5-11-7-4-2-3-6(10)8(7)9(12)13/h2-5H,1H3. The van der Waals surface area contributed by atoms with Crippen molar-refractivity contribution in [2.24, 2.45) is 7.05 Å². The number of hydrogen-bond donors (Lipinski definition) is 0. The average Bonchev–Trinajstić information content (AvgIpc) is 2.12. The van der Waals surface area contributed by atoms with Crippen molar-refractivity contribution in [3.63, 3.8) is 0 Å². The molecule has 0 aliphatic carbocycles. The summed E-state index contributed by atoms with van der Waals surface area (Å²) in [6.45, 7) is 0. The minimum Gasteiger partial charge on any atom is -0.302 e. The first kappa shape index (κ1) is 7.91. The first-order chi connectivity index (χ1) is 6.20. The first-order valence-corrected chi connectivity index (χ1v) is 3.80. The maximum atomic E-state index is 13.2. The van der Waals surface area contributed by atoms with E-state index in [1.807, 2.05) is 0 Å². The first-order valence-electron chi connectivity index (χ1n) is 3.80. The Balaban J connectivity index is 3.06. The van der Waals surface area contributed by atoms with Gasteiger partial charge in [0.2, 0.25) is 0 Å². The lowest BCUT2D eigenvalue weighted by molar-refractivity contribution is 0.636. The summed E-state index contributed by atoms with van der Waals surface area (Å²) in [6.07, 6.45) is 1.38. The summed E-state index contributed by atoms with van der Waals surface area (Å²) in [6, 6.07) is 4.40. The zero-order valence-corrected chi connectivity index (χ0v) is 6.99. The van der Waals surface area contributed by atoms with Crippen LogP contribution >= 0.6 is 0 Å². The van der Waals surface area contributed by atoms with Gasteiger partial charge in [0.1, 0.15) is 11.2 Å². The Bertz CT molecular complexity index is 518. The minimum atomic E-state index is -0.522. The minimum absolute atomic E-state index is 0.0486. The number of benzene rings is 1. The zero-order valence-electron chi connectivity index (χ0n) is 6.99. The van der Waals surface area contributed by atoms with E-state index in [9.17, 15) is 9.18 Å². The lowest BCUT2D eigenvalue weighted by atomic mass is 10.2. The summed E-state index contributed by atoms with van der Waals surface area (Å²) in [7, 11) is 1.54. The molecule has 0 unspecified atom stereocenters. The monoisotopic (exact) mass is 178 g/mol. The largest absolute Gasteiger partial charge is 0.302 e. The Kier molecular flexibility index (Phi) is 1.62. The molecule has 66 valence electrons. The molecule has 0 fully saturated rings. The zero-order chi connectivity index (χ0) is 9.42. The van der Waals surface area contributed by atoms with Gasteiger partial charge in [0.05, 0.1) is 11.8 Å². The van der Waals surface area contributed by atoms with Crippen molar-refractivity contribution in [2.45, 2.75) is 0 Å². The number of hydrogen-bond acceptors (Lipinski definition) is 2. The molecule has 1 aromatic carbocycles. The summed E-state index contributed by atoms with van der Waals surface area (Å²) in [4.78, 5) is 15.4. The van der Waals surface area contributed by atoms with Crippen LogP contribution < -0.4 is 5.56 Å². The van der Waals surface area contributed by atoms with E-state index in [2.05, 4.69) is 4.98 Å². The number of rotatable bonds is 0. The van der Waals surface area contributed by atoms with Crippen LogP contribution in [0, 0.1) is 5.82 Å². The second-order valence-corrected chi connectivity index (χ2v) is 2.79. The molecule has 1 aromatic heterocycles. The summed E-state index contributed by atoms with van der Waals surface area (Å²) < 4.78 is 14.4. The van der Waals surface area contributed by atoms with Crippen molar-refractivity contribution in [1.82, 2.24) is 9.55 Å². The van der Waals surface area contributed by atoms with Crippen molar-refractivity contribution in [3.05, 3.63) is 40.7 Å². The summed E-state index contributed by atoms with van der Waals surface area (Å²) in [5.74, 6) is -0.522. The maximum absolute atomic E-state index is 13.2. The van der Waals surface area contributed by atoms with Gasteiger partial charge in [-0.1, -0.05) is 6.07 Å². The number of nitrogens with zero attached hydrogens (tertiary/aromatic N) is 2. The molecule has 0 spiro atoms. The van der Waals surface area contributed by atoms with Crippen molar-refractivity contribution in [1.29, 1.82) is 0 Å². The van der Waals surface area contributed by atoms with Gasteiger partial charge in [0, 0.05) is 7.05 Å². The third kappa shape index (κ3) is 1.11. The molecule has 2 aromatic rings. The quantitative estimate of drug-likeness (QED) is 0.604. The summed E-state index contributed by atoms with van der Waals surface area (Å²) in [5.41, 5.74) is 0.0335. The third-order valence-electron chi connectivity index (χ3n) is 1.90. The summed E-state index contributed by atoms with van der Waals surface area (Å²) in [5, 5.41) is 0.0486. The van der Waals surface area contributed by atoms with Crippen LogP contribution in [0.15, 0.2) is 29.3 Å². The van der Waals surface area contributed by atoms with Crippen LogP contribution in [0.3, 0.4) is 0 Å². The Hall–Kier alpha value is -1.71. The molecule has 0 radical (unpaired) electrons. The second kappa shape index (κ2) is 2.65. The van der Waals surface area contributed by atoms with Gasteiger partial charge in [-0.25, -0.2) is 9.37 Å². The van der Waals surface area contributed by atoms with Gasteiger partial charge >= 0.3 is 0 Å². The van der Waals surface area contributed by atoms with Gasteiger partial charge in [-0.2, -0.15) is 0 Å². The van der Waals surface area contributed by atoms with Gasteiger partial charge in [-0.05, 0) is 12.1 Å². The van der Waals surface area contributed by atoms with Gasteiger partial charge in [0.25, 0.3) is 5.56 Å². The molecule has 4 heteroatoms. The number of aryl methyl sites for hydroxylation is 1. The molecular weight excluding hydrogens is 171 g/mol. The molecule has 0 saturated carbocycles. The Labute approximate surface area is 73.5 Å². The fraction of sp³-hybridized carbons (Fsp3) is 0.111. The van der Waals surface area contributed by atoms with Crippen LogP contribution in [-0.4, -0.2) is 9.55 Å². The SMILES string of the molecule is Cn1cnc2cccc(F)c2c1=O. The van der Waals surface area contributed by atoms with Crippen LogP contribution in [-0.2, 0) is 7.05 Å². The van der Waals surface area contributed by atoms with Crippen LogP contribution in [0.5, 0.6) is 0 Å². The van der Waals surface area contributed by atoms with Gasteiger partial charge in [-0.15, -0.1) is 0 Å². The van der Waals surface area contributed by atoms with E-state index in [1.165, 1.54) is 23.0 Å². The van der Waals surface area contributed by atoms with Crippen LogP contribution in [0.1, 0.15) is 0 Å². The molecule has 0 aliphatic rings. The lowest BCUT2D eigenvalue weighted by Gasteiger charge is -1.99. The average molecular weight is 178 g/mol. The Morgan fingerprint density at radius 3 is 3.00 bits per heavy atom.